The van der Waals surface area contributed by atoms with E-state index < -0.39 is 0 Å². The summed E-state index contributed by atoms with van der Waals surface area (Å²) in [5.41, 5.74) is 8.11. The van der Waals surface area contributed by atoms with Gasteiger partial charge in [0.2, 0.25) is 0 Å². The maximum Gasteiger partial charge on any atom is 0.0249 e. The van der Waals surface area contributed by atoms with Crippen LogP contribution in [0.1, 0.15) is 102 Å². The molecule has 3 aromatic carbocycles. The zero-order valence-electron chi connectivity index (χ0n) is 23.9. The van der Waals surface area contributed by atoms with Gasteiger partial charge in [-0.2, -0.15) is 0 Å². The van der Waals surface area contributed by atoms with Crippen LogP contribution in [0.3, 0.4) is 0 Å². The van der Waals surface area contributed by atoms with Gasteiger partial charge in [-0.25, -0.2) is 0 Å². The van der Waals surface area contributed by atoms with E-state index >= 15 is 0 Å². The maximum atomic E-state index is 3.19. The van der Waals surface area contributed by atoms with Gasteiger partial charge in [-0.05, 0) is 77.1 Å². The van der Waals surface area contributed by atoms with Gasteiger partial charge in [-0.1, -0.05) is 134 Å². The van der Waals surface area contributed by atoms with E-state index in [0.29, 0.717) is 0 Å². The monoisotopic (exact) mass is 478 g/mol. The fourth-order valence-corrected chi connectivity index (χ4v) is 3.97. The van der Waals surface area contributed by atoms with Crippen molar-refractivity contribution in [2.24, 2.45) is 5.41 Å². The first-order valence-electron chi connectivity index (χ1n) is 13.4. The predicted molar refractivity (Wildman–Crippen MR) is 160 cm³/mol. The average Bonchev–Trinajstić information content (AvgIpc) is 2.83. The highest BCUT2D eigenvalue weighted by Gasteiger charge is 2.12. The maximum absolute atomic E-state index is 3.19. The smallest absolute Gasteiger partial charge is 0.0249 e. The van der Waals surface area contributed by atoms with Crippen molar-refractivity contribution in [2.75, 3.05) is 0 Å². The lowest BCUT2D eigenvalue weighted by atomic mass is 9.87. The molecule has 0 unspecified atom stereocenters. The third-order valence-electron chi connectivity index (χ3n) is 6.00. The lowest BCUT2D eigenvalue weighted by molar-refractivity contribution is 0.545. The van der Waals surface area contributed by atoms with Crippen LogP contribution in [0.25, 0.3) is 5.57 Å². The molecule has 0 aliphatic heterocycles. The summed E-state index contributed by atoms with van der Waals surface area (Å²) in [5, 5.41) is 0. The highest BCUT2D eigenvalue weighted by Crippen LogP contribution is 2.24. The third kappa shape index (κ3) is 11.1. The lowest BCUT2D eigenvalue weighted by Crippen LogP contribution is -2.10. The number of hydrogen-bond donors (Lipinski definition) is 0. The van der Waals surface area contributed by atoms with Crippen LogP contribution in [-0.4, -0.2) is 0 Å². The molecule has 0 atom stereocenters. The van der Waals surface area contributed by atoms with Crippen LogP contribution in [0.2, 0.25) is 0 Å². The fourth-order valence-electron chi connectivity index (χ4n) is 3.97. The van der Waals surface area contributed by atoms with E-state index in [4.69, 9.17) is 0 Å². The number of aryl methyl sites for hydroxylation is 1. The van der Waals surface area contributed by atoms with Crippen molar-refractivity contribution in [1.29, 1.82) is 0 Å². The van der Waals surface area contributed by atoms with Gasteiger partial charge >= 0.3 is 0 Å². The SMILES string of the molecule is CC(C)(C)c1ccc(C#Cc2ccccc2)cc1.CCCCCc1ccc(/C(C)=C/C(C)(C)C)cc1. The molecule has 3 rings (SSSR count). The molecule has 0 radical (unpaired) electrons. The van der Waals surface area contributed by atoms with Crippen LogP contribution in [-0.2, 0) is 11.8 Å². The standard InChI is InChI=1S/C18H18.C18H28/c1-18(2,3)17-13-11-16(12-14-17)10-9-15-7-5-4-6-8-15;1-6-7-8-9-16-10-12-17(13-11-16)15(2)14-18(3,4)5/h4-8,11-14H,1-3H3;10-14H,6-9H2,1-5H3/b;15-14+. The Balaban J connectivity index is 0.000000254. The van der Waals surface area contributed by atoms with Crippen molar-refractivity contribution in [3.63, 3.8) is 0 Å². The Morgan fingerprint density at radius 3 is 1.75 bits per heavy atom. The average molecular weight is 479 g/mol. The van der Waals surface area contributed by atoms with Crippen LogP contribution in [0.5, 0.6) is 0 Å². The second-order valence-corrected chi connectivity index (χ2v) is 11.8. The van der Waals surface area contributed by atoms with Gasteiger partial charge < -0.3 is 0 Å². The first-order valence-corrected chi connectivity index (χ1v) is 13.4. The Hall–Kier alpha value is -3.04. The highest BCUT2D eigenvalue weighted by atomic mass is 14.2. The molecule has 0 aromatic heterocycles. The highest BCUT2D eigenvalue weighted by molar-refractivity contribution is 5.64. The molecule has 190 valence electrons. The zero-order valence-corrected chi connectivity index (χ0v) is 23.9. The Kier molecular flexibility index (Phi) is 11.3. The number of rotatable bonds is 5. The Labute approximate surface area is 221 Å². The van der Waals surface area contributed by atoms with Crippen molar-refractivity contribution >= 4 is 5.57 Å². The third-order valence-corrected chi connectivity index (χ3v) is 6.00. The van der Waals surface area contributed by atoms with Crippen LogP contribution in [0.15, 0.2) is 84.9 Å². The molecule has 0 N–H and O–H groups in total. The Bertz CT molecular complexity index is 1120. The van der Waals surface area contributed by atoms with E-state index in [1.54, 1.807) is 0 Å². The van der Waals surface area contributed by atoms with Crippen LogP contribution < -0.4 is 0 Å². The molecule has 3 aromatic rings. The fraction of sp³-hybridized carbons (Fsp3) is 0.389. The summed E-state index contributed by atoms with van der Waals surface area (Å²) >= 11 is 0. The molecule has 0 bridgehead atoms. The summed E-state index contributed by atoms with van der Waals surface area (Å²) in [7, 11) is 0. The quantitative estimate of drug-likeness (QED) is 0.253. The summed E-state index contributed by atoms with van der Waals surface area (Å²) in [5.74, 6) is 6.36. The minimum absolute atomic E-state index is 0.200. The molecule has 0 heterocycles. The summed E-state index contributed by atoms with van der Waals surface area (Å²) in [6.45, 7) is 17.9. The van der Waals surface area contributed by atoms with Crippen molar-refractivity contribution in [3.05, 3.63) is 113 Å². The topological polar surface area (TPSA) is 0 Å². The predicted octanol–water partition coefficient (Wildman–Crippen LogP) is 10.3. The minimum Gasteiger partial charge on any atom is -0.0756 e. The van der Waals surface area contributed by atoms with Gasteiger partial charge in [0.1, 0.15) is 0 Å². The van der Waals surface area contributed by atoms with Crippen molar-refractivity contribution in [2.45, 2.75) is 86.5 Å². The van der Waals surface area contributed by atoms with Gasteiger partial charge in [0.25, 0.3) is 0 Å². The summed E-state index contributed by atoms with van der Waals surface area (Å²) < 4.78 is 0. The first kappa shape index (κ1) is 29.2. The molecule has 0 spiro atoms. The number of benzene rings is 3. The van der Waals surface area contributed by atoms with E-state index in [1.165, 1.54) is 47.9 Å². The number of unbranched alkanes of at least 4 members (excludes halogenated alkanes) is 2. The summed E-state index contributed by atoms with van der Waals surface area (Å²) in [4.78, 5) is 0. The van der Waals surface area contributed by atoms with Gasteiger partial charge in [0.05, 0.1) is 0 Å². The molecule has 0 saturated heterocycles. The Morgan fingerprint density at radius 1 is 0.694 bits per heavy atom. The minimum atomic E-state index is 0.200. The molecule has 0 nitrogen and oxygen atoms in total. The van der Waals surface area contributed by atoms with E-state index in [1.807, 2.05) is 30.3 Å². The second-order valence-electron chi connectivity index (χ2n) is 11.8. The first-order chi connectivity index (χ1) is 17.0. The van der Waals surface area contributed by atoms with Crippen LogP contribution in [0.4, 0.5) is 0 Å². The normalized spacial score (nSPS) is 11.7. The van der Waals surface area contributed by atoms with Crippen molar-refractivity contribution in [3.8, 4) is 11.8 Å². The summed E-state index contributed by atoms with van der Waals surface area (Å²) in [6.07, 6.45) is 7.51. The van der Waals surface area contributed by atoms with E-state index in [-0.39, 0.29) is 10.8 Å². The van der Waals surface area contributed by atoms with E-state index in [2.05, 4.69) is 122 Å². The van der Waals surface area contributed by atoms with Gasteiger partial charge in [0, 0.05) is 11.1 Å². The van der Waals surface area contributed by atoms with Crippen molar-refractivity contribution in [1.82, 2.24) is 0 Å². The molecule has 36 heavy (non-hydrogen) atoms. The molecular weight excluding hydrogens is 432 g/mol. The number of hydrogen-bond acceptors (Lipinski definition) is 0. The molecule has 0 amide bonds. The van der Waals surface area contributed by atoms with Crippen LogP contribution in [0, 0.1) is 17.3 Å². The van der Waals surface area contributed by atoms with Gasteiger partial charge in [-0.15, -0.1) is 0 Å². The zero-order chi connectivity index (χ0) is 26.6. The molecule has 0 fully saturated rings. The van der Waals surface area contributed by atoms with Crippen molar-refractivity contribution < 1.29 is 0 Å². The molecular formula is C36H46. The number of allylic oxidation sites excluding steroid dienone is 2. The Morgan fingerprint density at radius 2 is 1.25 bits per heavy atom. The lowest BCUT2D eigenvalue weighted by Gasteiger charge is -2.18. The molecule has 0 saturated carbocycles. The largest absolute Gasteiger partial charge is 0.0756 e. The van der Waals surface area contributed by atoms with Crippen LogP contribution >= 0.6 is 0 Å². The van der Waals surface area contributed by atoms with E-state index in [0.717, 1.165) is 11.1 Å². The second kappa shape index (κ2) is 13.9. The van der Waals surface area contributed by atoms with E-state index in [9.17, 15) is 0 Å². The molecule has 0 aliphatic rings. The van der Waals surface area contributed by atoms with Gasteiger partial charge in [-0.3, -0.25) is 0 Å². The van der Waals surface area contributed by atoms with Gasteiger partial charge in [0.15, 0.2) is 0 Å². The molecule has 0 heteroatoms. The summed E-state index contributed by atoms with van der Waals surface area (Å²) in [6, 6.07) is 27.7. The molecule has 0 aliphatic carbocycles.